The molecule has 1 unspecified atom stereocenters. The first-order valence-electron chi connectivity index (χ1n) is 11.5. The van der Waals surface area contributed by atoms with Crippen molar-refractivity contribution in [3.05, 3.63) is 0 Å². The van der Waals surface area contributed by atoms with E-state index in [0.29, 0.717) is 0 Å². The predicted octanol–water partition coefficient (Wildman–Crippen LogP) is 4.13. The quantitative estimate of drug-likeness (QED) is 0.734. The van der Waals surface area contributed by atoms with Gasteiger partial charge in [0.15, 0.2) is 0 Å². The van der Waals surface area contributed by atoms with Crippen molar-refractivity contribution in [2.75, 3.05) is 32.7 Å². The van der Waals surface area contributed by atoms with Gasteiger partial charge in [0, 0.05) is 60.2 Å². The molecule has 2 bridgehead atoms. The minimum absolute atomic E-state index is 0.0490. The maximum Gasteiger partial charge on any atom is 0.0713 e. The molecule has 2 heterocycles. The highest BCUT2D eigenvalue weighted by Gasteiger charge is 2.61. The van der Waals surface area contributed by atoms with Crippen molar-refractivity contribution >= 4 is 0 Å². The van der Waals surface area contributed by atoms with Gasteiger partial charge in [0.25, 0.3) is 0 Å². The second kappa shape index (κ2) is 7.83. The molecule has 0 aliphatic carbocycles. The van der Waals surface area contributed by atoms with E-state index in [1.807, 2.05) is 0 Å². The van der Waals surface area contributed by atoms with Gasteiger partial charge in [-0.25, -0.2) is 0 Å². The number of aliphatic hydroxyl groups is 1. The van der Waals surface area contributed by atoms with Crippen molar-refractivity contribution in [3.8, 4) is 0 Å². The van der Waals surface area contributed by atoms with Crippen LogP contribution in [0.2, 0.25) is 0 Å². The highest BCUT2D eigenvalue weighted by Crippen LogP contribution is 2.51. The zero-order valence-electron chi connectivity index (χ0n) is 20.6. The Morgan fingerprint density at radius 1 is 0.821 bits per heavy atom. The molecule has 1 atom stereocenters. The van der Waals surface area contributed by atoms with Crippen molar-refractivity contribution in [2.24, 2.45) is 10.8 Å². The maximum atomic E-state index is 11.9. The molecule has 0 spiro atoms. The zero-order valence-corrected chi connectivity index (χ0v) is 20.6. The van der Waals surface area contributed by atoms with Gasteiger partial charge in [-0.15, -0.1) is 0 Å². The molecule has 2 aliphatic rings. The summed E-state index contributed by atoms with van der Waals surface area (Å²) < 4.78 is 0. The zero-order chi connectivity index (χ0) is 21.6. The Balaban J connectivity index is 2.50. The lowest BCUT2D eigenvalue weighted by atomic mass is 9.58. The van der Waals surface area contributed by atoms with Gasteiger partial charge in [0.05, 0.1) is 6.10 Å². The van der Waals surface area contributed by atoms with Crippen LogP contribution in [0.1, 0.15) is 88.5 Å². The predicted molar refractivity (Wildman–Crippen MR) is 121 cm³/mol. The molecule has 0 aromatic heterocycles. The topological polar surface area (TPSA) is 38.7 Å². The van der Waals surface area contributed by atoms with Gasteiger partial charge in [-0.05, 0) is 68.7 Å². The first-order valence-corrected chi connectivity index (χ1v) is 11.5. The van der Waals surface area contributed by atoms with Crippen LogP contribution in [0.5, 0.6) is 0 Å². The molecule has 28 heavy (non-hydrogen) atoms. The third-order valence-corrected chi connectivity index (χ3v) is 7.08. The molecule has 0 aromatic carbocycles. The van der Waals surface area contributed by atoms with Gasteiger partial charge in [0.2, 0.25) is 0 Å². The Hall–Kier alpha value is -0.160. The van der Waals surface area contributed by atoms with Crippen molar-refractivity contribution < 1.29 is 5.11 Å². The maximum absolute atomic E-state index is 11.9. The number of hydrogen-bond acceptors (Lipinski definition) is 4. The van der Waals surface area contributed by atoms with E-state index in [1.165, 1.54) is 12.8 Å². The van der Waals surface area contributed by atoms with Crippen LogP contribution in [-0.4, -0.2) is 70.4 Å². The highest BCUT2D eigenvalue weighted by atomic mass is 16.3. The molecule has 0 amide bonds. The van der Waals surface area contributed by atoms with E-state index in [4.69, 9.17) is 0 Å². The summed E-state index contributed by atoms with van der Waals surface area (Å²) in [5.41, 5.74) is 0.0995. The molecule has 2 N–H and O–H groups in total. The fraction of sp³-hybridized carbons (Fsp3) is 1.00. The Morgan fingerprint density at radius 2 is 1.25 bits per heavy atom. The van der Waals surface area contributed by atoms with Crippen LogP contribution < -0.4 is 5.32 Å². The van der Waals surface area contributed by atoms with Crippen LogP contribution in [0.25, 0.3) is 0 Å². The summed E-state index contributed by atoms with van der Waals surface area (Å²) in [7, 11) is 0. The molecule has 2 aliphatic heterocycles. The minimum atomic E-state index is -0.251. The number of nitrogens with one attached hydrogen (secondary N) is 1. The number of hydrogen-bond donors (Lipinski definition) is 2. The largest absolute Gasteiger partial charge is 0.392 e. The molecule has 2 rings (SSSR count). The monoisotopic (exact) mass is 395 g/mol. The minimum Gasteiger partial charge on any atom is -0.392 e. The van der Waals surface area contributed by atoms with E-state index in [0.717, 1.165) is 39.1 Å². The average Bonchev–Trinajstić information content (AvgIpc) is 2.49. The van der Waals surface area contributed by atoms with Gasteiger partial charge >= 0.3 is 0 Å². The van der Waals surface area contributed by atoms with Gasteiger partial charge in [0.1, 0.15) is 0 Å². The summed E-state index contributed by atoms with van der Waals surface area (Å²) in [5, 5.41) is 15.7. The first kappa shape index (κ1) is 24.1. The second-order valence-corrected chi connectivity index (χ2v) is 12.9. The van der Waals surface area contributed by atoms with E-state index < -0.39 is 0 Å². The lowest BCUT2D eigenvalue weighted by molar-refractivity contribution is -0.214. The molecule has 2 fully saturated rings. The molecule has 0 saturated carbocycles. The molecule has 0 aromatic rings. The fourth-order valence-corrected chi connectivity index (χ4v) is 5.15. The van der Waals surface area contributed by atoms with Crippen LogP contribution in [0.15, 0.2) is 0 Å². The van der Waals surface area contributed by atoms with Crippen molar-refractivity contribution in [2.45, 2.75) is 111 Å². The van der Waals surface area contributed by atoms with Gasteiger partial charge in [-0.2, -0.15) is 0 Å². The third-order valence-electron chi connectivity index (χ3n) is 7.08. The van der Waals surface area contributed by atoms with Crippen LogP contribution in [0, 0.1) is 10.8 Å². The van der Waals surface area contributed by atoms with E-state index in [1.54, 1.807) is 0 Å². The van der Waals surface area contributed by atoms with Crippen LogP contribution >= 0.6 is 0 Å². The third kappa shape index (κ3) is 5.11. The van der Waals surface area contributed by atoms with E-state index >= 15 is 0 Å². The van der Waals surface area contributed by atoms with E-state index in [2.05, 4.69) is 84.4 Å². The molecule has 2 saturated heterocycles. The summed E-state index contributed by atoms with van der Waals surface area (Å²) in [6.07, 6.45) is 3.24. The molecule has 0 radical (unpaired) electrons. The lowest BCUT2D eigenvalue weighted by Gasteiger charge is -2.66. The standard InChI is InChI=1S/C24H49N3O/c1-11-12-13-23-15-26(21(5,6)7)17-24(19(23)28,14-25-20(2,3)4)18-27(16-23)22(8,9)10/h19,25,28H,11-18H2,1-10H3. The molecular weight excluding hydrogens is 346 g/mol. The van der Waals surface area contributed by atoms with E-state index in [9.17, 15) is 5.11 Å². The van der Waals surface area contributed by atoms with Gasteiger partial charge < -0.3 is 10.4 Å². The van der Waals surface area contributed by atoms with Crippen LogP contribution in [-0.2, 0) is 0 Å². The number of likely N-dealkylation sites (tertiary alicyclic amines) is 2. The Labute approximate surface area is 175 Å². The lowest BCUT2D eigenvalue weighted by Crippen LogP contribution is -2.77. The Morgan fingerprint density at radius 3 is 1.61 bits per heavy atom. The van der Waals surface area contributed by atoms with Crippen molar-refractivity contribution in [1.82, 2.24) is 15.1 Å². The van der Waals surface area contributed by atoms with Crippen LogP contribution in [0.3, 0.4) is 0 Å². The highest BCUT2D eigenvalue weighted by molar-refractivity contribution is 5.14. The molecule has 4 nitrogen and oxygen atoms in total. The van der Waals surface area contributed by atoms with Gasteiger partial charge in [-0.3, -0.25) is 9.80 Å². The number of fused-ring (bicyclic) bond motifs is 2. The molecular formula is C24H49N3O. The Bertz CT molecular complexity index is 497. The van der Waals surface area contributed by atoms with Crippen molar-refractivity contribution in [1.29, 1.82) is 0 Å². The fourth-order valence-electron chi connectivity index (χ4n) is 5.15. The Kier molecular flexibility index (Phi) is 6.74. The number of piperidine rings is 2. The summed E-state index contributed by atoms with van der Waals surface area (Å²) in [6.45, 7) is 27.8. The first-order chi connectivity index (χ1) is 12.5. The smallest absolute Gasteiger partial charge is 0.0713 e. The molecule has 166 valence electrons. The van der Waals surface area contributed by atoms with E-state index in [-0.39, 0.29) is 33.6 Å². The normalized spacial score (nSPS) is 33.3. The van der Waals surface area contributed by atoms with Gasteiger partial charge in [-0.1, -0.05) is 19.8 Å². The summed E-state index contributed by atoms with van der Waals surface area (Å²) >= 11 is 0. The average molecular weight is 396 g/mol. The number of unbranched alkanes of at least 4 members (excludes halogenated alkanes) is 1. The van der Waals surface area contributed by atoms with Crippen LogP contribution in [0.4, 0.5) is 0 Å². The number of aliphatic hydroxyl groups excluding tert-OH is 1. The van der Waals surface area contributed by atoms with Crippen molar-refractivity contribution in [3.63, 3.8) is 0 Å². The summed E-state index contributed by atoms with van der Waals surface area (Å²) in [5.74, 6) is 0. The summed E-state index contributed by atoms with van der Waals surface area (Å²) in [6, 6.07) is 0. The number of rotatable bonds is 5. The number of nitrogens with zero attached hydrogens (tertiary/aromatic N) is 2. The summed E-state index contributed by atoms with van der Waals surface area (Å²) in [4.78, 5) is 5.33. The SMILES string of the molecule is CCCCC12CN(C(C)(C)C)CC(CNC(C)(C)C)(CN(C(C)(C)C)C1)C2O. The molecule has 4 heteroatoms. The second-order valence-electron chi connectivity index (χ2n) is 12.9.